The number of carbonyl (C=O) groups is 2. The van der Waals surface area contributed by atoms with Crippen molar-refractivity contribution in [3.8, 4) is 5.75 Å². The van der Waals surface area contributed by atoms with E-state index in [9.17, 15) is 9.59 Å². The van der Waals surface area contributed by atoms with Crippen molar-refractivity contribution >= 4 is 17.6 Å². The van der Waals surface area contributed by atoms with Crippen molar-refractivity contribution < 1.29 is 19.4 Å². The first-order chi connectivity index (χ1) is 9.15. The highest BCUT2D eigenvalue weighted by Gasteiger charge is 2.21. The van der Waals surface area contributed by atoms with Crippen molar-refractivity contribution in [1.82, 2.24) is 5.32 Å². The SMILES string of the molecule is O=C(O)COc1cccc(NC(=O)C2CCCN2)c1. The maximum atomic E-state index is 11.9. The zero-order chi connectivity index (χ0) is 13.7. The fraction of sp³-hybridized carbons (Fsp3) is 0.385. The van der Waals surface area contributed by atoms with Crippen molar-refractivity contribution in [2.75, 3.05) is 18.5 Å². The lowest BCUT2D eigenvalue weighted by atomic mass is 10.2. The van der Waals surface area contributed by atoms with Gasteiger partial charge in [-0.1, -0.05) is 6.07 Å². The number of carboxylic acid groups (broad SMARTS) is 1. The van der Waals surface area contributed by atoms with Crippen LogP contribution in [-0.2, 0) is 9.59 Å². The molecule has 0 aliphatic carbocycles. The zero-order valence-electron chi connectivity index (χ0n) is 10.4. The average Bonchev–Trinajstić information content (AvgIpc) is 2.91. The molecule has 102 valence electrons. The van der Waals surface area contributed by atoms with E-state index in [1.165, 1.54) is 0 Å². The third-order valence-electron chi connectivity index (χ3n) is 2.84. The van der Waals surface area contributed by atoms with Crippen LogP contribution >= 0.6 is 0 Å². The molecule has 0 aromatic heterocycles. The molecule has 2 rings (SSSR count). The molecule has 1 unspecified atom stereocenters. The van der Waals surface area contributed by atoms with E-state index in [2.05, 4.69) is 10.6 Å². The molecule has 1 saturated heterocycles. The van der Waals surface area contributed by atoms with Crippen molar-refractivity contribution in [3.63, 3.8) is 0 Å². The van der Waals surface area contributed by atoms with Crippen LogP contribution in [0.2, 0.25) is 0 Å². The highest BCUT2D eigenvalue weighted by atomic mass is 16.5. The Kier molecular flexibility index (Phi) is 4.35. The van der Waals surface area contributed by atoms with Gasteiger partial charge in [0.15, 0.2) is 6.61 Å². The van der Waals surface area contributed by atoms with Crippen molar-refractivity contribution in [2.45, 2.75) is 18.9 Å². The second-order valence-electron chi connectivity index (χ2n) is 4.35. The topological polar surface area (TPSA) is 87.7 Å². The number of anilines is 1. The number of hydrogen-bond acceptors (Lipinski definition) is 4. The maximum absolute atomic E-state index is 11.9. The first-order valence-corrected chi connectivity index (χ1v) is 6.14. The number of nitrogens with one attached hydrogen (secondary N) is 2. The highest BCUT2D eigenvalue weighted by molar-refractivity contribution is 5.95. The van der Waals surface area contributed by atoms with Crippen LogP contribution < -0.4 is 15.4 Å². The molecule has 1 aliphatic heterocycles. The van der Waals surface area contributed by atoms with Crippen LogP contribution in [0.1, 0.15) is 12.8 Å². The quantitative estimate of drug-likeness (QED) is 0.733. The molecule has 0 bridgehead atoms. The van der Waals surface area contributed by atoms with Gasteiger partial charge in [0, 0.05) is 11.8 Å². The average molecular weight is 264 g/mol. The summed E-state index contributed by atoms with van der Waals surface area (Å²) in [5, 5.41) is 14.4. The summed E-state index contributed by atoms with van der Waals surface area (Å²) in [4.78, 5) is 22.3. The number of rotatable bonds is 5. The van der Waals surface area contributed by atoms with Gasteiger partial charge in [-0.3, -0.25) is 4.79 Å². The normalized spacial score (nSPS) is 18.0. The van der Waals surface area contributed by atoms with E-state index in [1.54, 1.807) is 24.3 Å². The standard InChI is InChI=1S/C13H16N2O4/c16-12(17)8-19-10-4-1-3-9(7-10)15-13(18)11-5-2-6-14-11/h1,3-4,7,11,14H,2,5-6,8H2,(H,15,18)(H,16,17). The minimum atomic E-state index is -1.04. The molecule has 6 heteroatoms. The summed E-state index contributed by atoms with van der Waals surface area (Å²) >= 11 is 0. The summed E-state index contributed by atoms with van der Waals surface area (Å²) in [5.41, 5.74) is 0.599. The number of hydrogen-bond donors (Lipinski definition) is 3. The lowest BCUT2D eigenvalue weighted by Crippen LogP contribution is -2.35. The third-order valence-corrected chi connectivity index (χ3v) is 2.84. The van der Waals surface area contributed by atoms with E-state index < -0.39 is 12.6 Å². The number of carbonyl (C=O) groups excluding carboxylic acids is 1. The van der Waals surface area contributed by atoms with Gasteiger partial charge in [0.25, 0.3) is 0 Å². The molecule has 0 radical (unpaired) electrons. The molecule has 1 amide bonds. The predicted octanol–water partition coefficient (Wildman–Crippen LogP) is 0.840. The van der Waals surface area contributed by atoms with Crippen LogP contribution in [0.25, 0.3) is 0 Å². The van der Waals surface area contributed by atoms with E-state index in [1.807, 2.05) is 0 Å². The lowest BCUT2D eigenvalue weighted by molar-refractivity contribution is -0.139. The number of benzene rings is 1. The van der Waals surface area contributed by atoms with Gasteiger partial charge in [0.2, 0.25) is 5.91 Å². The molecule has 19 heavy (non-hydrogen) atoms. The first-order valence-electron chi connectivity index (χ1n) is 6.14. The monoisotopic (exact) mass is 264 g/mol. The van der Waals surface area contributed by atoms with Crippen LogP contribution in [0.15, 0.2) is 24.3 Å². The smallest absolute Gasteiger partial charge is 0.341 e. The third kappa shape index (κ3) is 3.96. The van der Waals surface area contributed by atoms with Gasteiger partial charge in [-0.25, -0.2) is 4.79 Å². The van der Waals surface area contributed by atoms with Crippen molar-refractivity contribution in [3.05, 3.63) is 24.3 Å². The molecule has 3 N–H and O–H groups in total. The molecule has 0 saturated carbocycles. The van der Waals surface area contributed by atoms with E-state index in [4.69, 9.17) is 9.84 Å². The van der Waals surface area contributed by atoms with Gasteiger partial charge in [0.1, 0.15) is 5.75 Å². The Balaban J connectivity index is 1.94. The second-order valence-corrected chi connectivity index (χ2v) is 4.35. The van der Waals surface area contributed by atoms with E-state index >= 15 is 0 Å². The predicted molar refractivity (Wildman–Crippen MR) is 69.2 cm³/mol. The lowest BCUT2D eigenvalue weighted by Gasteiger charge is -2.12. The Labute approximate surface area is 110 Å². The first kappa shape index (κ1) is 13.4. The Morgan fingerprint density at radius 2 is 2.32 bits per heavy atom. The number of amides is 1. The van der Waals surface area contributed by atoms with Gasteiger partial charge in [0.05, 0.1) is 6.04 Å². The number of ether oxygens (including phenoxy) is 1. The fourth-order valence-corrected chi connectivity index (χ4v) is 1.95. The summed E-state index contributed by atoms with van der Waals surface area (Å²) in [6, 6.07) is 6.54. The van der Waals surface area contributed by atoms with Crippen LogP contribution in [0.3, 0.4) is 0 Å². The van der Waals surface area contributed by atoms with Gasteiger partial charge < -0.3 is 20.5 Å². The molecule has 1 fully saturated rings. The van der Waals surface area contributed by atoms with E-state index in [0.717, 1.165) is 19.4 Å². The van der Waals surface area contributed by atoms with Crippen LogP contribution in [0.5, 0.6) is 5.75 Å². The van der Waals surface area contributed by atoms with Crippen LogP contribution in [-0.4, -0.2) is 36.2 Å². The molecule has 6 nitrogen and oxygen atoms in total. The second kappa shape index (κ2) is 6.19. The summed E-state index contributed by atoms with van der Waals surface area (Å²) in [6.45, 7) is 0.460. The van der Waals surface area contributed by atoms with E-state index in [0.29, 0.717) is 11.4 Å². The molecule has 1 aromatic rings. The Morgan fingerprint density at radius 3 is 3.00 bits per heavy atom. The Morgan fingerprint density at radius 1 is 1.47 bits per heavy atom. The van der Waals surface area contributed by atoms with Crippen LogP contribution in [0, 0.1) is 0 Å². The Hall–Kier alpha value is -2.08. The minimum Gasteiger partial charge on any atom is -0.482 e. The number of carboxylic acids is 1. The van der Waals surface area contributed by atoms with Crippen molar-refractivity contribution in [1.29, 1.82) is 0 Å². The van der Waals surface area contributed by atoms with Crippen molar-refractivity contribution in [2.24, 2.45) is 0 Å². The van der Waals surface area contributed by atoms with Gasteiger partial charge in [-0.2, -0.15) is 0 Å². The molecule has 1 aliphatic rings. The van der Waals surface area contributed by atoms with Gasteiger partial charge in [-0.05, 0) is 31.5 Å². The summed E-state index contributed by atoms with van der Waals surface area (Å²) in [6.07, 6.45) is 1.83. The molecule has 1 heterocycles. The maximum Gasteiger partial charge on any atom is 0.341 e. The molecule has 0 spiro atoms. The largest absolute Gasteiger partial charge is 0.482 e. The molecular formula is C13H16N2O4. The molecular weight excluding hydrogens is 248 g/mol. The summed E-state index contributed by atoms with van der Waals surface area (Å²) in [5.74, 6) is -0.697. The van der Waals surface area contributed by atoms with E-state index in [-0.39, 0.29) is 11.9 Å². The van der Waals surface area contributed by atoms with Gasteiger partial charge >= 0.3 is 5.97 Å². The minimum absolute atomic E-state index is 0.0760. The van der Waals surface area contributed by atoms with Gasteiger partial charge in [-0.15, -0.1) is 0 Å². The zero-order valence-corrected chi connectivity index (χ0v) is 10.4. The fourth-order valence-electron chi connectivity index (χ4n) is 1.95. The van der Waals surface area contributed by atoms with Crippen LogP contribution in [0.4, 0.5) is 5.69 Å². The summed E-state index contributed by atoms with van der Waals surface area (Å²) < 4.78 is 5.05. The molecule has 1 atom stereocenters. The Bertz CT molecular complexity index is 469. The summed E-state index contributed by atoms with van der Waals surface area (Å²) in [7, 11) is 0. The molecule has 1 aromatic carbocycles. The number of aliphatic carboxylic acids is 1. The highest BCUT2D eigenvalue weighted by Crippen LogP contribution is 2.18.